The van der Waals surface area contributed by atoms with Gasteiger partial charge in [-0.15, -0.1) is 0 Å². The molecule has 0 saturated heterocycles. The molecule has 2 heteroatoms. The van der Waals surface area contributed by atoms with Gasteiger partial charge in [-0.1, -0.05) is 0 Å². The number of Topliss-reactive ketones (excluding diaryl/α,β-unsaturated/α-hetero) is 1. The Bertz CT molecular complexity index is 140. The summed E-state index contributed by atoms with van der Waals surface area (Å²) >= 11 is 0. The molecule has 11 heavy (non-hydrogen) atoms. The van der Waals surface area contributed by atoms with Crippen molar-refractivity contribution in [1.82, 2.24) is 0 Å². The lowest BCUT2D eigenvalue weighted by Crippen LogP contribution is -2.18. The van der Waals surface area contributed by atoms with Crippen LogP contribution in [0.5, 0.6) is 0 Å². The zero-order valence-corrected chi connectivity index (χ0v) is 7.05. The van der Waals surface area contributed by atoms with Crippen LogP contribution < -0.4 is 0 Å². The fraction of sp³-hybridized carbons (Fsp3) is 0.889. The summed E-state index contributed by atoms with van der Waals surface area (Å²) in [5, 5.41) is 9.08. The Kier molecular flexibility index (Phi) is 3.06. The van der Waals surface area contributed by atoms with Crippen LogP contribution >= 0.6 is 0 Å². The number of rotatable bonds is 2. The first-order chi connectivity index (χ1) is 5.18. The zero-order chi connectivity index (χ0) is 8.27. The molecule has 0 spiro atoms. The van der Waals surface area contributed by atoms with Crippen LogP contribution in [0.15, 0.2) is 0 Å². The second-order valence-electron chi connectivity index (χ2n) is 3.59. The maximum absolute atomic E-state index is 11.0. The molecule has 0 aliphatic heterocycles. The van der Waals surface area contributed by atoms with Gasteiger partial charge in [-0.05, 0) is 32.1 Å². The normalized spacial score (nSPS) is 28.5. The van der Waals surface area contributed by atoms with Crippen molar-refractivity contribution in [2.45, 2.75) is 45.1 Å². The molecule has 1 unspecified atom stereocenters. The van der Waals surface area contributed by atoms with Crippen LogP contribution in [-0.4, -0.2) is 17.0 Å². The summed E-state index contributed by atoms with van der Waals surface area (Å²) in [7, 11) is 0. The Hall–Kier alpha value is -0.370. The quantitative estimate of drug-likeness (QED) is 0.658. The topological polar surface area (TPSA) is 37.3 Å². The summed E-state index contributed by atoms with van der Waals surface area (Å²) in [6.07, 6.45) is 4.16. The highest BCUT2D eigenvalue weighted by Crippen LogP contribution is 2.24. The predicted molar refractivity (Wildman–Crippen MR) is 43.3 cm³/mol. The highest BCUT2D eigenvalue weighted by atomic mass is 16.3. The summed E-state index contributed by atoms with van der Waals surface area (Å²) in [5.41, 5.74) is 0. The van der Waals surface area contributed by atoms with E-state index in [0.29, 0.717) is 18.1 Å². The molecule has 0 bridgehead atoms. The van der Waals surface area contributed by atoms with Gasteiger partial charge in [0, 0.05) is 12.8 Å². The second-order valence-corrected chi connectivity index (χ2v) is 3.59. The van der Waals surface area contributed by atoms with E-state index in [1.54, 1.807) is 6.92 Å². The summed E-state index contributed by atoms with van der Waals surface area (Å²) in [5.74, 6) is 0.832. The van der Waals surface area contributed by atoms with Gasteiger partial charge in [-0.25, -0.2) is 0 Å². The monoisotopic (exact) mass is 156 g/mol. The summed E-state index contributed by atoms with van der Waals surface area (Å²) < 4.78 is 0. The molecule has 0 radical (unpaired) electrons. The van der Waals surface area contributed by atoms with E-state index in [4.69, 9.17) is 5.11 Å². The van der Waals surface area contributed by atoms with E-state index < -0.39 is 0 Å². The smallest absolute Gasteiger partial charge is 0.133 e. The SMILES string of the molecule is C[C@H](O)CC1CCCC(=O)C1. The third-order valence-corrected chi connectivity index (χ3v) is 2.26. The molecular weight excluding hydrogens is 140 g/mol. The van der Waals surface area contributed by atoms with Gasteiger partial charge in [0.2, 0.25) is 0 Å². The average molecular weight is 156 g/mol. The number of hydrogen-bond acceptors (Lipinski definition) is 2. The van der Waals surface area contributed by atoms with Crippen molar-refractivity contribution in [2.75, 3.05) is 0 Å². The number of hydrogen-bond donors (Lipinski definition) is 1. The van der Waals surface area contributed by atoms with Crippen LogP contribution in [-0.2, 0) is 4.79 Å². The Labute approximate surface area is 67.6 Å². The predicted octanol–water partition coefficient (Wildman–Crippen LogP) is 1.52. The van der Waals surface area contributed by atoms with Gasteiger partial charge in [-0.3, -0.25) is 4.79 Å². The molecule has 0 amide bonds. The van der Waals surface area contributed by atoms with Crippen LogP contribution in [0.3, 0.4) is 0 Å². The molecule has 1 fully saturated rings. The first-order valence-electron chi connectivity index (χ1n) is 4.38. The molecule has 1 aliphatic carbocycles. The molecule has 2 atom stereocenters. The van der Waals surface area contributed by atoms with Crippen molar-refractivity contribution in [3.05, 3.63) is 0 Å². The minimum absolute atomic E-state index is 0.245. The zero-order valence-electron chi connectivity index (χ0n) is 7.05. The largest absolute Gasteiger partial charge is 0.393 e. The van der Waals surface area contributed by atoms with Crippen molar-refractivity contribution >= 4 is 5.78 Å². The standard InChI is InChI=1S/C9H16O2/c1-7(10)5-8-3-2-4-9(11)6-8/h7-8,10H,2-6H2,1H3/t7-,8?/m0/s1. The van der Waals surface area contributed by atoms with E-state index >= 15 is 0 Å². The van der Waals surface area contributed by atoms with Crippen molar-refractivity contribution in [3.63, 3.8) is 0 Å². The van der Waals surface area contributed by atoms with Gasteiger partial charge in [-0.2, -0.15) is 0 Å². The number of aliphatic hydroxyl groups excluding tert-OH is 1. The lowest BCUT2D eigenvalue weighted by atomic mass is 9.85. The van der Waals surface area contributed by atoms with E-state index in [0.717, 1.165) is 25.7 Å². The molecule has 0 aromatic rings. The highest BCUT2D eigenvalue weighted by molar-refractivity contribution is 5.79. The van der Waals surface area contributed by atoms with Crippen LogP contribution in [0.4, 0.5) is 0 Å². The lowest BCUT2D eigenvalue weighted by Gasteiger charge is -2.21. The van der Waals surface area contributed by atoms with Gasteiger partial charge < -0.3 is 5.11 Å². The average Bonchev–Trinajstić information content (AvgIpc) is 1.85. The van der Waals surface area contributed by atoms with Gasteiger partial charge >= 0.3 is 0 Å². The maximum atomic E-state index is 11.0. The van der Waals surface area contributed by atoms with E-state index in [2.05, 4.69) is 0 Å². The Morgan fingerprint density at radius 3 is 3.00 bits per heavy atom. The fourth-order valence-corrected chi connectivity index (χ4v) is 1.80. The van der Waals surface area contributed by atoms with Crippen molar-refractivity contribution in [2.24, 2.45) is 5.92 Å². The number of ketones is 1. The third-order valence-electron chi connectivity index (χ3n) is 2.26. The third kappa shape index (κ3) is 3.02. The lowest BCUT2D eigenvalue weighted by molar-refractivity contribution is -0.121. The molecule has 1 saturated carbocycles. The van der Waals surface area contributed by atoms with E-state index in [1.165, 1.54) is 0 Å². The summed E-state index contributed by atoms with van der Waals surface area (Å²) in [4.78, 5) is 11.0. The van der Waals surface area contributed by atoms with Gasteiger partial charge in [0.25, 0.3) is 0 Å². The van der Waals surface area contributed by atoms with E-state index in [1.807, 2.05) is 0 Å². The molecule has 0 aromatic heterocycles. The Morgan fingerprint density at radius 1 is 1.73 bits per heavy atom. The summed E-state index contributed by atoms with van der Waals surface area (Å²) in [6, 6.07) is 0. The first-order valence-corrected chi connectivity index (χ1v) is 4.38. The van der Waals surface area contributed by atoms with Gasteiger partial charge in [0.05, 0.1) is 6.10 Å². The Morgan fingerprint density at radius 2 is 2.45 bits per heavy atom. The number of carbonyl (C=O) groups excluding carboxylic acids is 1. The van der Waals surface area contributed by atoms with Gasteiger partial charge in [0.15, 0.2) is 0 Å². The van der Waals surface area contributed by atoms with Crippen molar-refractivity contribution < 1.29 is 9.90 Å². The molecule has 2 nitrogen and oxygen atoms in total. The van der Waals surface area contributed by atoms with E-state index in [-0.39, 0.29) is 6.10 Å². The molecule has 0 heterocycles. The minimum atomic E-state index is -0.245. The highest BCUT2D eigenvalue weighted by Gasteiger charge is 2.20. The van der Waals surface area contributed by atoms with Gasteiger partial charge in [0.1, 0.15) is 5.78 Å². The maximum Gasteiger partial charge on any atom is 0.133 e. The van der Waals surface area contributed by atoms with Crippen LogP contribution in [0.1, 0.15) is 39.0 Å². The van der Waals surface area contributed by atoms with Crippen molar-refractivity contribution in [3.8, 4) is 0 Å². The first kappa shape index (κ1) is 8.72. The fourth-order valence-electron chi connectivity index (χ4n) is 1.80. The number of aliphatic hydroxyl groups is 1. The summed E-state index contributed by atoms with van der Waals surface area (Å²) in [6.45, 7) is 1.79. The molecule has 1 aliphatic rings. The molecule has 64 valence electrons. The van der Waals surface area contributed by atoms with Crippen LogP contribution in [0, 0.1) is 5.92 Å². The molecule has 1 rings (SSSR count). The second kappa shape index (κ2) is 3.86. The number of carbonyl (C=O) groups is 1. The van der Waals surface area contributed by atoms with Crippen LogP contribution in [0.2, 0.25) is 0 Å². The van der Waals surface area contributed by atoms with E-state index in [9.17, 15) is 4.79 Å². The Balaban J connectivity index is 2.28. The van der Waals surface area contributed by atoms with Crippen LogP contribution in [0.25, 0.3) is 0 Å². The van der Waals surface area contributed by atoms with Crippen molar-refractivity contribution in [1.29, 1.82) is 0 Å². The molecular formula is C9H16O2. The molecule has 1 N–H and O–H groups in total. The minimum Gasteiger partial charge on any atom is -0.393 e. The molecule has 0 aromatic carbocycles.